The van der Waals surface area contributed by atoms with Gasteiger partial charge in [-0.1, -0.05) is 18.2 Å². The summed E-state index contributed by atoms with van der Waals surface area (Å²) in [6.45, 7) is 1.81. The molecule has 7 nitrogen and oxygen atoms in total. The van der Waals surface area contributed by atoms with Crippen molar-refractivity contribution in [2.75, 3.05) is 0 Å². The van der Waals surface area contributed by atoms with E-state index in [2.05, 4.69) is 15.6 Å². The van der Waals surface area contributed by atoms with Crippen LogP contribution >= 0.6 is 0 Å². The molecule has 1 unspecified atom stereocenters. The van der Waals surface area contributed by atoms with Gasteiger partial charge in [0.05, 0.1) is 18.4 Å². The van der Waals surface area contributed by atoms with E-state index >= 15 is 0 Å². The third-order valence-corrected chi connectivity index (χ3v) is 3.75. The number of para-hydroxylation sites is 1. The van der Waals surface area contributed by atoms with Crippen LogP contribution in [0.4, 0.5) is 0 Å². The Labute approximate surface area is 143 Å². The topological polar surface area (TPSA) is 104 Å². The first-order valence-electron chi connectivity index (χ1n) is 7.77. The Balaban J connectivity index is 1.71. The minimum atomic E-state index is -0.763. The lowest BCUT2D eigenvalue weighted by Crippen LogP contribution is -2.44. The van der Waals surface area contributed by atoms with Gasteiger partial charge >= 0.3 is 0 Å². The largest absolute Gasteiger partial charge is 0.467 e. The fourth-order valence-corrected chi connectivity index (χ4v) is 2.47. The lowest BCUT2D eigenvalue weighted by Gasteiger charge is -2.14. The summed E-state index contributed by atoms with van der Waals surface area (Å²) < 4.78 is 5.14. The number of nitrogens with one attached hydrogen (secondary N) is 3. The summed E-state index contributed by atoms with van der Waals surface area (Å²) in [5.41, 5.74) is 0.416. The predicted molar refractivity (Wildman–Crippen MR) is 92.1 cm³/mol. The van der Waals surface area contributed by atoms with E-state index < -0.39 is 11.9 Å². The summed E-state index contributed by atoms with van der Waals surface area (Å²) in [4.78, 5) is 39.0. The summed E-state index contributed by atoms with van der Waals surface area (Å²) in [7, 11) is 0. The highest BCUT2D eigenvalue weighted by atomic mass is 16.3. The molecule has 3 rings (SSSR count). The van der Waals surface area contributed by atoms with E-state index in [0.29, 0.717) is 16.7 Å². The maximum atomic E-state index is 12.5. The first-order valence-corrected chi connectivity index (χ1v) is 7.77. The van der Waals surface area contributed by atoms with Crippen LogP contribution in [-0.2, 0) is 11.3 Å². The molecule has 3 aromatic rings. The molecule has 0 aliphatic heterocycles. The van der Waals surface area contributed by atoms with Crippen molar-refractivity contribution < 1.29 is 14.0 Å². The Morgan fingerprint density at radius 1 is 1.20 bits per heavy atom. The van der Waals surface area contributed by atoms with Crippen LogP contribution in [-0.4, -0.2) is 22.8 Å². The number of aromatic nitrogens is 1. The molecule has 0 radical (unpaired) electrons. The van der Waals surface area contributed by atoms with Gasteiger partial charge in [0, 0.05) is 17.0 Å². The minimum Gasteiger partial charge on any atom is -0.467 e. The lowest BCUT2D eigenvalue weighted by molar-refractivity contribution is -0.122. The molecule has 7 heteroatoms. The molecule has 0 aliphatic rings. The SMILES string of the molecule is CC(NC(=O)c1cc(=O)[nH]c2ccccc12)C(=O)NCc1ccco1. The monoisotopic (exact) mass is 339 g/mol. The van der Waals surface area contributed by atoms with Crippen LogP contribution in [0.2, 0.25) is 0 Å². The molecular formula is C18H17N3O4. The van der Waals surface area contributed by atoms with Crippen molar-refractivity contribution in [2.45, 2.75) is 19.5 Å². The maximum Gasteiger partial charge on any atom is 0.252 e. The highest BCUT2D eigenvalue weighted by Gasteiger charge is 2.18. The second-order valence-electron chi connectivity index (χ2n) is 5.59. The number of H-pyrrole nitrogens is 1. The highest BCUT2D eigenvalue weighted by molar-refractivity contribution is 6.07. The molecule has 25 heavy (non-hydrogen) atoms. The third kappa shape index (κ3) is 3.77. The Bertz CT molecular complexity index is 960. The number of hydrogen-bond donors (Lipinski definition) is 3. The van der Waals surface area contributed by atoms with Gasteiger partial charge in [0.2, 0.25) is 11.5 Å². The fourth-order valence-electron chi connectivity index (χ4n) is 2.47. The quantitative estimate of drug-likeness (QED) is 0.656. The Morgan fingerprint density at radius 2 is 2.00 bits per heavy atom. The zero-order valence-corrected chi connectivity index (χ0v) is 13.5. The Kier molecular flexibility index (Phi) is 4.65. The minimum absolute atomic E-state index is 0.227. The van der Waals surface area contributed by atoms with Crippen molar-refractivity contribution >= 4 is 22.7 Å². The molecule has 0 spiro atoms. The van der Waals surface area contributed by atoms with E-state index in [1.54, 1.807) is 43.3 Å². The van der Waals surface area contributed by atoms with Crippen molar-refractivity contribution in [1.82, 2.24) is 15.6 Å². The van der Waals surface area contributed by atoms with Crippen molar-refractivity contribution in [2.24, 2.45) is 0 Å². The molecule has 2 aromatic heterocycles. The first kappa shape index (κ1) is 16.5. The third-order valence-electron chi connectivity index (χ3n) is 3.75. The molecule has 2 amide bonds. The van der Waals surface area contributed by atoms with E-state index in [4.69, 9.17) is 4.42 Å². The average Bonchev–Trinajstić information content (AvgIpc) is 3.12. The number of carbonyl (C=O) groups is 2. The summed E-state index contributed by atoms with van der Waals surface area (Å²) in [6, 6.07) is 10.9. The summed E-state index contributed by atoms with van der Waals surface area (Å²) >= 11 is 0. The van der Waals surface area contributed by atoms with Gasteiger partial charge in [-0.15, -0.1) is 0 Å². The second kappa shape index (κ2) is 7.04. The van der Waals surface area contributed by atoms with Gasteiger partial charge in [-0.05, 0) is 25.1 Å². The van der Waals surface area contributed by atoms with Crippen molar-refractivity contribution in [1.29, 1.82) is 0 Å². The first-order chi connectivity index (χ1) is 12.0. The van der Waals surface area contributed by atoms with Crippen LogP contribution in [0.1, 0.15) is 23.0 Å². The summed E-state index contributed by atoms with van der Waals surface area (Å²) in [5.74, 6) is -0.214. The number of carbonyl (C=O) groups excluding carboxylic acids is 2. The number of hydrogen-bond acceptors (Lipinski definition) is 4. The van der Waals surface area contributed by atoms with Gasteiger partial charge in [-0.3, -0.25) is 14.4 Å². The van der Waals surface area contributed by atoms with Gasteiger partial charge in [0.1, 0.15) is 11.8 Å². The molecule has 0 fully saturated rings. The number of rotatable bonds is 5. The number of fused-ring (bicyclic) bond motifs is 1. The lowest BCUT2D eigenvalue weighted by atomic mass is 10.1. The van der Waals surface area contributed by atoms with Crippen molar-refractivity contribution in [3.63, 3.8) is 0 Å². The molecule has 1 aromatic carbocycles. The summed E-state index contributed by atoms with van der Waals surface area (Å²) in [6.07, 6.45) is 1.52. The fraction of sp³-hybridized carbons (Fsp3) is 0.167. The van der Waals surface area contributed by atoms with E-state index in [-0.39, 0.29) is 23.6 Å². The zero-order valence-electron chi connectivity index (χ0n) is 13.5. The molecule has 2 heterocycles. The number of benzene rings is 1. The second-order valence-corrected chi connectivity index (χ2v) is 5.59. The molecule has 0 saturated heterocycles. The van der Waals surface area contributed by atoms with Crippen LogP contribution < -0.4 is 16.2 Å². The van der Waals surface area contributed by atoms with E-state index in [1.807, 2.05) is 0 Å². The normalized spacial score (nSPS) is 11.9. The van der Waals surface area contributed by atoms with Gasteiger partial charge < -0.3 is 20.0 Å². The van der Waals surface area contributed by atoms with Gasteiger partial charge in [-0.2, -0.15) is 0 Å². The molecule has 0 saturated carbocycles. The van der Waals surface area contributed by atoms with Crippen LogP contribution in [0.5, 0.6) is 0 Å². The smallest absolute Gasteiger partial charge is 0.252 e. The van der Waals surface area contributed by atoms with Gasteiger partial charge in [-0.25, -0.2) is 0 Å². The van der Waals surface area contributed by atoms with Crippen LogP contribution in [0.3, 0.4) is 0 Å². The van der Waals surface area contributed by atoms with Crippen molar-refractivity contribution in [3.8, 4) is 0 Å². The van der Waals surface area contributed by atoms with Crippen molar-refractivity contribution in [3.05, 3.63) is 70.4 Å². The van der Waals surface area contributed by atoms with Crippen LogP contribution in [0, 0.1) is 0 Å². The molecule has 0 aliphatic carbocycles. The molecular weight excluding hydrogens is 322 g/mol. The predicted octanol–water partition coefficient (Wildman–Crippen LogP) is 1.56. The number of amides is 2. The van der Waals surface area contributed by atoms with Gasteiger partial charge in [0.15, 0.2) is 0 Å². The Morgan fingerprint density at radius 3 is 2.76 bits per heavy atom. The standard InChI is InChI=1S/C18H17N3O4/c1-11(17(23)19-10-12-5-4-8-25-12)20-18(24)14-9-16(22)21-15-7-3-2-6-13(14)15/h2-9,11H,10H2,1H3,(H,19,23)(H,20,24)(H,21,22). The molecule has 3 N–H and O–H groups in total. The summed E-state index contributed by atoms with van der Waals surface area (Å²) in [5, 5.41) is 5.90. The van der Waals surface area contributed by atoms with E-state index in [9.17, 15) is 14.4 Å². The van der Waals surface area contributed by atoms with Crippen LogP contribution in [0.15, 0.2) is 57.9 Å². The highest BCUT2D eigenvalue weighted by Crippen LogP contribution is 2.14. The number of pyridine rings is 1. The number of aromatic amines is 1. The van der Waals surface area contributed by atoms with E-state index in [1.165, 1.54) is 12.3 Å². The van der Waals surface area contributed by atoms with E-state index in [0.717, 1.165) is 0 Å². The van der Waals surface area contributed by atoms with Crippen LogP contribution in [0.25, 0.3) is 10.9 Å². The molecule has 1 atom stereocenters. The van der Waals surface area contributed by atoms with Gasteiger partial charge in [0.25, 0.3) is 5.91 Å². The Hall–Kier alpha value is -3.35. The molecule has 128 valence electrons. The number of furan rings is 1. The zero-order chi connectivity index (χ0) is 17.8. The maximum absolute atomic E-state index is 12.5. The average molecular weight is 339 g/mol. The molecule has 0 bridgehead atoms.